The molecule has 0 amide bonds. The second kappa shape index (κ2) is 10.5. The monoisotopic (exact) mass is 513 g/mol. The molecule has 5 heterocycles. The van der Waals surface area contributed by atoms with E-state index in [-0.39, 0.29) is 6.61 Å². The number of morpholine rings is 1. The van der Waals surface area contributed by atoms with Crippen LogP contribution in [0.2, 0.25) is 0 Å². The van der Waals surface area contributed by atoms with E-state index in [9.17, 15) is 0 Å². The fraction of sp³-hybridized carbons (Fsp3) is 0.375. The van der Waals surface area contributed by atoms with Crippen LogP contribution in [0.5, 0.6) is 16.7 Å². The number of rotatable bonds is 7. The molecule has 190 valence electrons. The third-order valence-electron chi connectivity index (χ3n) is 5.46. The van der Waals surface area contributed by atoms with Crippen molar-refractivity contribution in [1.29, 1.82) is 0 Å². The van der Waals surface area contributed by atoms with Crippen LogP contribution < -0.4 is 19.1 Å². The minimum Gasteiger partial charge on any atom is -0.496 e. The number of furan rings is 1. The van der Waals surface area contributed by atoms with Gasteiger partial charge in [0.05, 0.1) is 39.0 Å². The number of ether oxygens (including phenoxy) is 4. The third-order valence-corrected chi connectivity index (χ3v) is 6.34. The van der Waals surface area contributed by atoms with Crippen LogP contribution in [0.15, 0.2) is 39.5 Å². The second-order valence-corrected chi connectivity index (χ2v) is 8.50. The molecule has 0 bridgehead atoms. The Morgan fingerprint density at radius 2 is 1.89 bits per heavy atom. The van der Waals surface area contributed by atoms with Gasteiger partial charge in [0.15, 0.2) is 5.76 Å². The zero-order chi connectivity index (χ0) is 25.1. The summed E-state index contributed by atoms with van der Waals surface area (Å²) in [6.45, 7) is 7.07. The van der Waals surface area contributed by atoms with Crippen LogP contribution in [0.1, 0.15) is 19.5 Å². The number of hydrogen-bond acceptors (Lipinski definition) is 11. The molecule has 0 aliphatic carbocycles. The molecule has 1 aliphatic heterocycles. The van der Waals surface area contributed by atoms with Gasteiger partial charge in [-0.1, -0.05) is 13.8 Å². The summed E-state index contributed by atoms with van der Waals surface area (Å²) < 4.78 is 35.5. The molecule has 1 aliphatic rings. The van der Waals surface area contributed by atoms with Crippen molar-refractivity contribution in [2.45, 2.75) is 20.5 Å². The molecule has 0 atom stereocenters. The summed E-state index contributed by atoms with van der Waals surface area (Å²) in [6.07, 6.45) is 3.41. The molecule has 1 saturated heterocycles. The van der Waals surface area contributed by atoms with Crippen molar-refractivity contribution < 1.29 is 27.8 Å². The Morgan fingerprint density at radius 3 is 2.64 bits per heavy atom. The molecule has 0 spiro atoms. The maximum atomic E-state index is 6.11. The lowest BCUT2D eigenvalue weighted by Gasteiger charge is -2.24. The Balaban J connectivity index is 0.00000130. The lowest BCUT2D eigenvalue weighted by molar-refractivity contribution is 0.120. The molecule has 4 aromatic heterocycles. The molecule has 0 radical (unpaired) electrons. The summed E-state index contributed by atoms with van der Waals surface area (Å²) in [5.74, 6) is 1.83. The van der Waals surface area contributed by atoms with Gasteiger partial charge in [-0.15, -0.1) is 5.10 Å². The zero-order valence-corrected chi connectivity index (χ0v) is 21.3. The molecule has 12 heteroatoms. The number of benzene rings is 1. The fourth-order valence-electron chi connectivity index (χ4n) is 3.74. The Hall–Kier alpha value is -3.77. The van der Waals surface area contributed by atoms with Gasteiger partial charge in [0, 0.05) is 25.2 Å². The Bertz CT molecular complexity index is 1420. The van der Waals surface area contributed by atoms with Crippen molar-refractivity contribution in [3.63, 3.8) is 0 Å². The van der Waals surface area contributed by atoms with Crippen molar-refractivity contribution in [1.82, 2.24) is 19.6 Å². The van der Waals surface area contributed by atoms with Gasteiger partial charge >= 0.3 is 0 Å². The van der Waals surface area contributed by atoms with Gasteiger partial charge in [-0.05, 0) is 17.4 Å². The standard InChI is InChI=1S/C22H21N5O6S.C2H6/c1-28-14-7-17(31-11-13-12-32-20(23-13)26-3-5-30-6-4-26)15-9-19(33-18(15)8-14)16-10-27-21(24-16)34-22(25-27)29-2;1-2/h7-10,12H,3-6,11H2,1-2H3;1-2H3. The summed E-state index contributed by atoms with van der Waals surface area (Å²) in [4.78, 5) is 11.9. The molecule has 11 nitrogen and oxygen atoms in total. The number of anilines is 1. The van der Waals surface area contributed by atoms with Crippen LogP contribution in [-0.2, 0) is 11.3 Å². The first-order chi connectivity index (χ1) is 17.7. The highest BCUT2D eigenvalue weighted by Crippen LogP contribution is 2.37. The first-order valence-electron chi connectivity index (χ1n) is 11.6. The van der Waals surface area contributed by atoms with E-state index in [1.165, 1.54) is 11.3 Å². The van der Waals surface area contributed by atoms with Crippen molar-refractivity contribution in [3.8, 4) is 28.1 Å². The largest absolute Gasteiger partial charge is 0.496 e. The summed E-state index contributed by atoms with van der Waals surface area (Å²) >= 11 is 1.35. The SMILES string of the molecule is CC.COc1cc(OCc2coc(N3CCOCC3)n2)c2cc(-c3cn4nc(OC)sc4n3)oc2c1. The van der Waals surface area contributed by atoms with E-state index in [1.807, 2.05) is 32.0 Å². The third kappa shape index (κ3) is 4.69. The fourth-order valence-corrected chi connectivity index (χ4v) is 4.44. The van der Waals surface area contributed by atoms with Crippen molar-refractivity contribution in [3.05, 3.63) is 36.4 Å². The van der Waals surface area contributed by atoms with Gasteiger partial charge in [-0.3, -0.25) is 0 Å². The molecule has 0 saturated carbocycles. The number of oxazole rings is 1. The topological polar surface area (TPSA) is 110 Å². The molecular weight excluding hydrogens is 486 g/mol. The van der Waals surface area contributed by atoms with Crippen LogP contribution in [-0.4, -0.2) is 60.1 Å². The van der Waals surface area contributed by atoms with Gasteiger partial charge in [-0.25, -0.2) is 9.50 Å². The highest BCUT2D eigenvalue weighted by Gasteiger charge is 2.19. The van der Waals surface area contributed by atoms with Crippen LogP contribution in [0, 0.1) is 0 Å². The summed E-state index contributed by atoms with van der Waals surface area (Å²) in [5, 5.41) is 5.66. The summed E-state index contributed by atoms with van der Waals surface area (Å²) in [7, 11) is 3.18. The Morgan fingerprint density at radius 1 is 1.06 bits per heavy atom. The molecule has 1 fully saturated rings. The van der Waals surface area contributed by atoms with E-state index in [4.69, 9.17) is 27.8 Å². The first kappa shape index (κ1) is 23.9. The van der Waals surface area contributed by atoms with Crippen molar-refractivity contribution >= 4 is 33.3 Å². The van der Waals surface area contributed by atoms with Crippen LogP contribution in [0.25, 0.3) is 27.4 Å². The predicted molar refractivity (Wildman–Crippen MR) is 134 cm³/mol. The van der Waals surface area contributed by atoms with Crippen molar-refractivity contribution in [2.75, 3.05) is 45.4 Å². The summed E-state index contributed by atoms with van der Waals surface area (Å²) in [6, 6.07) is 6.12. The summed E-state index contributed by atoms with van der Waals surface area (Å²) in [5.41, 5.74) is 1.98. The zero-order valence-electron chi connectivity index (χ0n) is 20.5. The van der Waals surface area contributed by atoms with E-state index in [0.29, 0.717) is 63.6 Å². The normalized spacial score (nSPS) is 13.6. The molecular formula is C24H27N5O6S. The van der Waals surface area contributed by atoms with Gasteiger partial charge in [0.1, 0.15) is 41.3 Å². The van der Waals surface area contributed by atoms with Crippen LogP contribution in [0.4, 0.5) is 6.01 Å². The van der Waals surface area contributed by atoms with Gasteiger partial charge in [-0.2, -0.15) is 4.98 Å². The predicted octanol–water partition coefficient (Wildman–Crippen LogP) is 4.65. The molecule has 0 N–H and O–H groups in total. The maximum Gasteiger partial charge on any atom is 0.297 e. The van der Waals surface area contributed by atoms with E-state index < -0.39 is 0 Å². The van der Waals surface area contributed by atoms with E-state index in [0.717, 1.165) is 18.5 Å². The van der Waals surface area contributed by atoms with E-state index in [2.05, 4.69) is 20.0 Å². The smallest absolute Gasteiger partial charge is 0.297 e. The van der Waals surface area contributed by atoms with Crippen LogP contribution in [0.3, 0.4) is 0 Å². The molecule has 6 rings (SSSR count). The average molecular weight is 514 g/mol. The van der Waals surface area contributed by atoms with Crippen LogP contribution >= 0.6 is 11.3 Å². The molecule has 5 aromatic rings. The first-order valence-corrected chi connectivity index (χ1v) is 12.4. The number of fused-ring (bicyclic) bond motifs is 2. The highest BCUT2D eigenvalue weighted by molar-refractivity contribution is 7.18. The number of imidazole rings is 1. The number of nitrogens with zero attached hydrogens (tertiary/aromatic N) is 5. The van der Waals surface area contributed by atoms with Gasteiger partial charge in [0.2, 0.25) is 4.96 Å². The lowest BCUT2D eigenvalue weighted by atomic mass is 10.2. The minimum absolute atomic E-state index is 0.237. The maximum absolute atomic E-state index is 6.11. The number of aromatic nitrogens is 4. The second-order valence-electron chi connectivity index (χ2n) is 7.58. The minimum atomic E-state index is 0.237. The molecule has 1 aromatic carbocycles. The average Bonchev–Trinajstić information content (AvgIpc) is 3.71. The number of methoxy groups -OCH3 is 2. The van der Waals surface area contributed by atoms with E-state index in [1.54, 1.807) is 31.2 Å². The quantitative estimate of drug-likeness (QED) is 0.305. The van der Waals surface area contributed by atoms with Crippen molar-refractivity contribution in [2.24, 2.45) is 0 Å². The van der Waals surface area contributed by atoms with E-state index >= 15 is 0 Å². The van der Waals surface area contributed by atoms with Gasteiger partial charge in [0.25, 0.3) is 11.2 Å². The Kier molecular flexibility index (Phi) is 6.96. The lowest BCUT2D eigenvalue weighted by Crippen LogP contribution is -2.36. The van der Waals surface area contributed by atoms with Gasteiger partial charge < -0.3 is 32.7 Å². The molecule has 0 unspecified atom stereocenters. The Labute approximate surface area is 211 Å². The molecule has 36 heavy (non-hydrogen) atoms. The highest BCUT2D eigenvalue weighted by atomic mass is 32.1. The number of hydrogen-bond donors (Lipinski definition) is 0.